The van der Waals surface area contributed by atoms with Gasteiger partial charge in [-0.15, -0.1) is 13.2 Å². The van der Waals surface area contributed by atoms with E-state index in [-0.39, 0.29) is 29.0 Å². The second-order valence-corrected chi connectivity index (χ2v) is 7.99. The first-order valence-electron chi connectivity index (χ1n) is 10.3. The van der Waals surface area contributed by atoms with Crippen LogP contribution in [0.2, 0.25) is 0 Å². The molecule has 1 aliphatic rings. The molecule has 0 spiro atoms. The number of nitriles is 1. The fraction of sp³-hybridized carbons (Fsp3) is 0.348. The molecule has 0 radical (unpaired) electrons. The number of anilines is 1. The van der Waals surface area contributed by atoms with Gasteiger partial charge in [-0.2, -0.15) is 5.26 Å². The molecule has 0 amide bonds. The highest BCUT2D eigenvalue weighted by Crippen LogP contribution is 2.31. The van der Waals surface area contributed by atoms with Gasteiger partial charge in [0.15, 0.2) is 0 Å². The molecule has 0 N–H and O–H groups in total. The van der Waals surface area contributed by atoms with E-state index in [9.17, 15) is 23.2 Å². The summed E-state index contributed by atoms with van der Waals surface area (Å²) in [6, 6.07) is 12.2. The lowest BCUT2D eigenvalue weighted by Gasteiger charge is -2.38. The highest BCUT2D eigenvalue weighted by atomic mass is 19.4. The summed E-state index contributed by atoms with van der Waals surface area (Å²) in [6.45, 7) is 3.18. The van der Waals surface area contributed by atoms with E-state index in [1.807, 2.05) is 13.0 Å². The topological polar surface area (TPSA) is 80.4 Å². The summed E-state index contributed by atoms with van der Waals surface area (Å²) in [5, 5.41) is 9.24. The Kier molecular flexibility index (Phi) is 5.89. The van der Waals surface area contributed by atoms with Crippen LogP contribution in [-0.4, -0.2) is 35.1 Å². The van der Waals surface area contributed by atoms with Gasteiger partial charge in [0.2, 0.25) is 0 Å². The van der Waals surface area contributed by atoms with Gasteiger partial charge in [0.25, 0.3) is 5.56 Å². The fourth-order valence-corrected chi connectivity index (χ4v) is 4.03. The van der Waals surface area contributed by atoms with Gasteiger partial charge in [0.05, 0.1) is 11.2 Å². The van der Waals surface area contributed by atoms with Crippen molar-refractivity contribution < 1.29 is 22.6 Å². The van der Waals surface area contributed by atoms with Gasteiger partial charge < -0.3 is 18.9 Å². The Morgan fingerprint density at radius 3 is 2.48 bits per heavy atom. The highest BCUT2D eigenvalue weighted by Gasteiger charge is 2.32. The largest absolute Gasteiger partial charge is 0.573 e. The normalized spacial score (nSPS) is 18.7. The standard InChI is InChI=1S/C23H21F3N4O3/c1-14-13-30(19-11-21(31)29(2)18-8-3-15(12-27)28-22(18)19)10-9-20(14)32-16-4-6-17(7-5-16)33-23(24,25)26/h3-8,11,14,20H,9-10,13H2,1-2H3/t14-,20-/m0/s1. The molecule has 2 atom stereocenters. The number of alkyl halides is 3. The molecule has 1 aliphatic heterocycles. The molecule has 33 heavy (non-hydrogen) atoms. The van der Waals surface area contributed by atoms with Gasteiger partial charge in [-0.1, -0.05) is 6.92 Å². The van der Waals surface area contributed by atoms with Gasteiger partial charge in [0, 0.05) is 38.5 Å². The zero-order valence-electron chi connectivity index (χ0n) is 18.0. The SMILES string of the molecule is C[C@H]1CN(c2cc(=O)n(C)c3ccc(C#N)nc23)CC[C@@H]1Oc1ccc(OC(F)(F)F)cc1. The molecule has 0 unspecified atom stereocenters. The maximum atomic E-state index is 12.5. The third-order valence-electron chi connectivity index (χ3n) is 5.70. The van der Waals surface area contributed by atoms with Crippen molar-refractivity contribution in [1.29, 1.82) is 5.26 Å². The van der Waals surface area contributed by atoms with Gasteiger partial charge in [-0.3, -0.25) is 4.79 Å². The molecule has 1 fully saturated rings. The number of rotatable bonds is 4. The fourth-order valence-electron chi connectivity index (χ4n) is 4.03. The zero-order valence-corrected chi connectivity index (χ0v) is 18.0. The average Bonchev–Trinajstić information content (AvgIpc) is 2.77. The van der Waals surface area contributed by atoms with E-state index in [1.54, 1.807) is 19.2 Å². The summed E-state index contributed by atoms with van der Waals surface area (Å²) in [5.41, 5.74) is 2.00. The van der Waals surface area contributed by atoms with Crippen LogP contribution in [0.4, 0.5) is 18.9 Å². The van der Waals surface area contributed by atoms with E-state index in [1.165, 1.54) is 34.9 Å². The van der Waals surface area contributed by atoms with Crippen LogP contribution in [0, 0.1) is 17.2 Å². The van der Waals surface area contributed by atoms with Crippen LogP contribution in [0.5, 0.6) is 11.5 Å². The van der Waals surface area contributed by atoms with E-state index in [4.69, 9.17) is 4.74 Å². The molecule has 1 saturated heterocycles. The lowest BCUT2D eigenvalue weighted by Crippen LogP contribution is -2.45. The third-order valence-corrected chi connectivity index (χ3v) is 5.70. The minimum Gasteiger partial charge on any atom is -0.490 e. The first kappa shape index (κ1) is 22.5. The summed E-state index contributed by atoms with van der Waals surface area (Å²) >= 11 is 0. The highest BCUT2D eigenvalue weighted by molar-refractivity contribution is 5.88. The molecule has 3 aromatic rings. The molecular formula is C23H21F3N4O3. The number of halogens is 3. The molecular weight excluding hydrogens is 437 g/mol. The number of piperidine rings is 1. The van der Waals surface area contributed by atoms with Crippen molar-refractivity contribution in [3.63, 3.8) is 0 Å². The van der Waals surface area contributed by atoms with Crippen LogP contribution >= 0.6 is 0 Å². The van der Waals surface area contributed by atoms with E-state index < -0.39 is 6.36 Å². The lowest BCUT2D eigenvalue weighted by molar-refractivity contribution is -0.274. The summed E-state index contributed by atoms with van der Waals surface area (Å²) in [4.78, 5) is 19.0. The Morgan fingerprint density at radius 1 is 1.15 bits per heavy atom. The first-order valence-corrected chi connectivity index (χ1v) is 10.3. The Balaban J connectivity index is 1.51. The van der Waals surface area contributed by atoms with Crippen molar-refractivity contribution >= 4 is 16.7 Å². The van der Waals surface area contributed by atoms with E-state index in [0.29, 0.717) is 42.0 Å². The number of aryl methyl sites for hydroxylation is 1. The van der Waals surface area contributed by atoms with Gasteiger partial charge in [-0.05, 0) is 36.4 Å². The lowest BCUT2D eigenvalue weighted by atomic mass is 9.95. The summed E-state index contributed by atoms with van der Waals surface area (Å²) in [5.74, 6) is 0.205. The van der Waals surface area contributed by atoms with Crippen molar-refractivity contribution in [3.05, 3.63) is 58.5 Å². The molecule has 4 rings (SSSR count). The average molecular weight is 458 g/mol. The zero-order chi connectivity index (χ0) is 23.8. The number of pyridine rings is 2. The van der Waals surface area contributed by atoms with Crippen molar-refractivity contribution in [3.8, 4) is 17.6 Å². The summed E-state index contributed by atoms with van der Waals surface area (Å²) in [6.07, 6.45) is -4.26. The molecule has 2 aromatic heterocycles. The molecule has 10 heteroatoms. The van der Waals surface area contributed by atoms with E-state index in [2.05, 4.69) is 14.6 Å². The monoisotopic (exact) mass is 458 g/mol. The minimum atomic E-state index is -4.74. The molecule has 3 heterocycles. The van der Waals surface area contributed by atoms with Gasteiger partial charge >= 0.3 is 6.36 Å². The Bertz CT molecular complexity index is 1270. The number of aromatic nitrogens is 2. The molecule has 7 nitrogen and oxygen atoms in total. The van der Waals surface area contributed by atoms with Crippen LogP contribution < -0.4 is 19.9 Å². The van der Waals surface area contributed by atoms with Crippen LogP contribution in [0.3, 0.4) is 0 Å². The van der Waals surface area contributed by atoms with Crippen LogP contribution in [0.15, 0.2) is 47.3 Å². The smallest absolute Gasteiger partial charge is 0.490 e. The Labute approximate surface area is 187 Å². The van der Waals surface area contributed by atoms with Crippen molar-refractivity contribution in [2.24, 2.45) is 13.0 Å². The quantitative estimate of drug-likeness (QED) is 0.588. The molecule has 0 bridgehead atoms. The number of hydrogen-bond donors (Lipinski definition) is 0. The number of benzene rings is 1. The maximum Gasteiger partial charge on any atom is 0.573 e. The van der Waals surface area contributed by atoms with Crippen molar-refractivity contribution in [1.82, 2.24) is 9.55 Å². The van der Waals surface area contributed by atoms with E-state index in [0.717, 1.165) is 0 Å². The predicted octanol–water partition coefficient (Wildman–Crippen LogP) is 4.00. The maximum absolute atomic E-state index is 12.5. The van der Waals surface area contributed by atoms with Crippen molar-refractivity contribution in [2.45, 2.75) is 25.8 Å². The first-order chi connectivity index (χ1) is 15.6. The van der Waals surface area contributed by atoms with Crippen LogP contribution in [-0.2, 0) is 7.05 Å². The Hall–Kier alpha value is -3.74. The number of nitrogens with zero attached hydrogens (tertiary/aromatic N) is 4. The number of ether oxygens (including phenoxy) is 2. The van der Waals surface area contributed by atoms with Crippen molar-refractivity contribution in [2.75, 3.05) is 18.0 Å². The molecule has 1 aromatic carbocycles. The molecule has 0 aliphatic carbocycles. The second-order valence-electron chi connectivity index (χ2n) is 7.99. The van der Waals surface area contributed by atoms with Crippen LogP contribution in [0.25, 0.3) is 11.0 Å². The van der Waals surface area contributed by atoms with E-state index >= 15 is 0 Å². The van der Waals surface area contributed by atoms with Gasteiger partial charge in [0.1, 0.15) is 34.9 Å². The van der Waals surface area contributed by atoms with Gasteiger partial charge in [-0.25, -0.2) is 4.98 Å². The number of hydrogen-bond acceptors (Lipinski definition) is 6. The summed E-state index contributed by atoms with van der Waals surface area (Å²) in [7, 11) is 1.66. The second kappa shape index (κ2) is 8.65. The summed E-state index contributed by atoms with van der Waals surface area (Å²) < 4.78 is 48.4. The number of fused-ring (bicyclic) bond motifs is 1. The third kappa shape index (κ3) is 4.87. The molecule has 172 valence electrons. The van der Waals surface area contributed by atoms with Crippen LogP contribution in [0.1, 0.15) is 19.0 Å². The predicted molar refractivity (Wildman–Crippen MR) is 115 cm³/mol. The Morgan fingerprint density at radius 2 is 1.85 bits per heavy atom. The molecule has 0 saturated carbocycles. The minimum absolute atomic E-state index is 0.0584.